The van der Waals surface area contributed by atoms with Crippen LogP contribution in [-0.4, -0.2) is 53.9 Å². The van der Waals surface area contributed by atoms with E-state index in [4.69, 9.17) is 10.5 Å². The van der Waals surface area contributed by atoms with Crippen LogP contribution < -0.4 is 5.73 Å². The number of hydrogen-bond acceptors (Lipinski definition) is 4. The summed E-state index contributed by atoms with van der Waals surface area (Å²) in [6.07, 6.45) is 6.05. The first-order valence-corrected chi connectivity index (χ1v) is 7.77. The van der Waals surface area contributed by atoms with Crippen molar-refractivity contribution < 1.29 is 14.6 Å². The summed E-state index contributed by atoms with van der Waals surface area (Å²) in [6.45, 7) is 1.66. The minimum absolute atomic E-state index is 0.0975. The molecule has 0 bridgehead atoms. The smallest absolute Gasteiger partial charge is 0.254 e. The van der Waals surface area contributed by atoms with Gasteiger partial charge in [0.2, 0.25) is 0 Å². The van der Waals surface area contributed by atoms with Crippen LogP contribution in [-0.2, 0) is 9.53 Å². The zero-order valence-corrected chi connectivity index (χ0v) is 12.3. The molecule has 2 saturated carbocycles. The molecule has 1 amide bonds. The van der Waals surface area contributed by atoms with Crippen molar-refractivity contribution in [2.75, 3.05) is 20.2 Å². The highest BCUT2D eigenvalue weighted by Crippen LogP contribution is 2.45. The second kappa shape index (κ2) is 4.97. The van der Waals surface area contributed by atoms with Gasteiger partial charge in [0.25, 0.3) is 5.91 Å². The molecule has 0 aromatic heterocycles. The van der Waals surface area contributed by atoms with E-state index in [0.717, 1.165) is 45.2 Å². The molecule has 20 heavy (non-hydrogen) atoms. The van der Waals surface area contributed by atoms with Gasteiger partial charge in [-0.25, -0.2) is 0 Å². The number of nitrogens with zero attached hydrogens (tertiary/aromatic N) is 1. The maximum Gasteiger partial charge on any atom is 0.254 e. The topological polar surface area (TPSA) is 75.8 Å². The molecular formula is C15H26N2O3. The van der Waals surface area contributed by atoms with E-state index in [0.29, 0.717) is 12.8 Å². The molecule has 2 aliphatic carbocycles. The molecule has 5 nitrogen and oxygen atoms in total. The maximum absolute atomic E-state index is 12.7. The summed E-state index contributed by atoms with van der Waals surface area (Å²) in [5.74, 6) is 0.129. The molecule has 0 radical (unpaired) electrons. The number of hydrogen-bond donors (Lipinski definition) is 2. The van der Waals surface area contributed by atoms with Crippen LogP contribution in [0.1, 0.15) is 44.9 Å². The van der Waals surface area contributed by atoms with Crippen LogP contribution in [0, 0.1) is 5.41 Å². The van der Waals surface area contributed by atoms with E-state index >= 15 is 0 Å². The molecule has 3 aliphatic rings. The third-order valence-corrected chi connectivity index (χ3v) is 5.71. The normalized spacial score (nSPS) is 44.6. The summed E-state index contributed by atoms with van der Waals surface area (Å²) >= 11 is 0. The van der Waals surface area contributed by atoms with Crippen molar-refractivity contribution in [3.05, 3.63) is 0 Å². The van der Waals surface area contributed by atoms with Crippen LogP contribution in [0.25, 0.3) is 0 Å². The number of amides is 1. The number of rotatable bonds is 2. The monoisotopic (exact) mass is 282 g/mol. The van der Waals surface area contributed by atoms with Crippen molar-refractivity contribution in [3.63, 3.8) is 0 Å². The highest BCUT2D eigenvalue weighted by Gasteiger charge is 2.53. The van der Waals surface area contributed by atoms with Crippen molar-refractivity contribution in [2.45, 2.75) is 62.7 Å². The molecule has 0 unspecified atom stereocenters. The fourth-order valence-electron chi connectivity index (χ4n) is 4.24. The van der Waals surface area contributed by atoms with Gasteiger partial charge in [-0.05, 0) is 37.5 Å². The van der Waals surface area contributed by atoms with Gasteiger partial charge in [0, 0.05) is 39.1 Å². The summed E-state index contributed by atoms with van der Waals surface area (Å²) in [7, 11) is 1.62. The highest BCUT2D eigenvalue weighted by molar-refractivity contribution is 5.87. The van der Waals surface area contributed by atoms with Crippen molar-refractivity contribution in [1.82, 2.24) is 4.90 Å². The summed E-state index contributed by atoms with van der Waals surface area (Å²) < 4.78 is 5.50. The Balaban J connectivity index is 1.64. The van der Waals surface area contributed by atoms with Crippen molar-refractivity contribution in [3.8, 4) is 0 Å². The first-order valence-electron chi connectivity index (χ1n) is 7.77. The molecule has 3 rings (SSSR count). The van der Waals surface area contributed by atoms with Gasteiger partial charge in [0.1, 0.15) is 5.60 Å². The SMILES string of the molecule is COC1(C(=O)N2CCC3(CCC(O)CC3)C2)CC(N)C1. The Morgan fingerprint density at radius 3 is 2.50 bits per heavy atom. The molecule has 3 fully saturated rings. The van der Waals surface area contributed by atoms with Crippen LogP contribution >= 0.6 is 0 Å². The molecule has 1 heterocycles. The maximum atomic E-state index is 12.7. The molecule has 1 saturated heterocycles. The van der Waals surface area contributed by atoms with Crippen molar-refractivity contribution >= 4 is 5.91 Å². The predicted octanol–water partition coefficient (Wildman–Crippen LogP) is 0.646. The number of ether oxygens (including phenoxy) is 1. The third kappa shape index (κ3) is 2.26. The highest BCUT2D eigenvalue weighted by atomic mass is 16.5. The quantitative estimate of drug-likeness (QED) is 0.779. The number of nitrogens with two attached hydrogens (primary N) is 1. The van der Waals surface area contributed by atoms with E-state index in [1.807, 2.05) is 4.90 Å². The largest absolute Gasteiger partial charge is 0.393 e. The Labute approximate surface area is 120 Å². The lowest BCUT2D eigenvalue weighted by Gasteiger charge is -2.45. The number of carbonyl (C=O) groups excluding carboxylic acids is 1. The Morgan fingerprint density at radius 2 is 1.95 bits per heavy atom. The number of aliphatic hydroxyl groups is 1. The van der Waals surface area contributed by atoms with E-state index in [9.17, 15) is 9.90 Å². The van der Waals surface area contributed by atoms with E-state index in [1.54, 1.807) is 7.11 Å². The lowest BCUT2D eigenvalue weighted by Crippen LogP contribution is -2.61. The Bertz CT molecular complexity index is 385. The lowest BCUT2D eigenvalue weighted by atomic mass is 9.72. The van der Waals surface area contributed by atoms with Gasteiger partial charge in [0.05, 0.1) is 6.10 Å². The van der Waals surface area contributed by atoms with Crippen LogP contribution in [0.3, 0.4) is 0 Å². The standard InChI is InChI=1S/C15H26N2O3/c1-20-15(8-11(16)9-15)13(19)17-7-6-14(10-17)4-2-12(18)3-5-14/h11-12,18H,2-10,16H2,1H3. The van der Waals surface area contributed by atoms with Gasteiger partial charge < -0.3 is 20.5 Å². The minimum Gasteiger partial charge on any atom is -0.393 e. The third-order valence-electron chi connectivity index (χ3n) is 5.71. The second-order valence-corrected chi connectivity index (χ2v) is 7.07. The van der Waals surface area contributed by atoms with Crippen LogP contribution in [0.15, 0.2) is 0 Å². The molecule has 0 aromatic rings. The van der Waals surface area contributed by atoms with E-state index in [1.165, 1.54) is 0 Å². The van der Waals surface area contributed by atoms with Crippen molar-refractivity contribution in [1.29, 1.82) is 0 Å². The lowest BCUT2D eigenvalue weighted by molar-refractivity contribution is -0.167. The van der Waals surface area contributed by atoms with Crippen LogP contribution in [0.5, 0.6) is 0 Å². The molecule has 0 aromatic carbocycles. The van der Waals surface area contributed by atoms with Gasteiger partial charge in [-0.1, -0.05) is 0 Å². The minimum atomic E-state index is -0.654. The van der Waals surface area contributed by atoms with Gasteiger partial charge >= 0.3 is 0 Å². The molecule has 0 atom stereocenters. The Hall–Kier alpha value is -0.650. The van der Waals surface area contributed by atoms with Gasteiger partial charge in [-0.3, -0.25) is 4.79 Å². The summed E-state index contributed by atoms with van der Waals surface area (Å²) in [5, 5.41) is 9.66. The Morgan fingerprint density at radius 1 is 1.30 bits per heavy atom. The average molecular weight is 282 g/mol. The number of methoxy groups -OCH3 is 1. The van der Waals surface area contributed by atoms with Crippen LogP contribution in [0.2, 0.25) is 0 Å². The van der Waals surface area contributed by atoms with E-state index in [2.05, 4.69) is 0 Å². The zero-order chi connectivity index (χ0) is 14.4. The number of aliphatic hydroxyl groups excluding tert-OH is 1. The summed E-state index contributed by atoms with van der Waals surface area (Å²) in [5.41, 5.74) is 5.43. The molecule has 1 aliphatic heterocycles. The fraction of sp³-hybridized carbons (Fsp3) is 0.933. The number of likely N-dealkylation sites (tertiary alicyclic amines) is 1. The van der Waals surface area contributed by atoms with Gasteiger partial charge in [-0.2, -0.15) is 0 Å². The Kier molecular flexibility index (Phi) is 3.55. The molecule has 5 heteroatoms. The predicted molar refractivity (Wildman–Crippen MR) is 75.1 cm³/mol. The average Bonchev–Trinajstić information content (AvgIpc) is 2.82. The molecule has 1 spiro atoms. The molecule has 3 N–H and O–H groups in total. The first-order chi connectivity index (χ1) is 9.49. The fourth-order valence-corrected chi connectivity index (χ4v) is 4.24. The molecule has 114 valence electrons. The second-order valence-electron chi connectivity index (χ2n) is 7.07. The first kappa shape index (κ1) is 14.3. The number of carbonyl (C=O) groups is 1. The van der Waals surface area contributed by atoms with E-state index in [-0.39, 0.29) is 23.5 Å². The molecular weight excluding hydrogens is 256 g/mol. The zero-order valence-electron chi connectivity index (χ0n) is 12.3. The van der Waals surface area contributed by atoms with Gasteiger partial charge in [-0.15, -0.1) is 0 Å². The summed E-state index contributed by atoms with van der Waals surface area (Å²) in [6, 6.07) is 0.0975. The van der Waals surface area contributed by atoms with Crippen molar-refractivity contribution in [2.24, 2.45) is 11.1 Å². The van der Waals surface area contributed by atoms with E-state index < -0.39 is 5.60 Å². The van der Waals surface area contributed by atoms with Crippen LogP contribution in [0.4, 0.5) is 0 Å². The van der Waals surface area contributed by atoms with Gasteiger partial charge in [0.15, 0.2) is 0 Å². The summed E-state index contributed by atoms with van der Waals surface area (Å²) in [4.78, 5) is 14.7.